The van der Waals surface area contributed by atoms with Gasteiger partial charge >= 0.3 is 0 Å². The highest BCUT2D eigenvalue weighted by atomic mass is 14.2. The van der Waals surface area contributed by atoms with Gasteiger partial charge < -0.3 is 0 Å². The molecule has 0 radical (unpaired) electrons. The quantitative estimate of drug-likeness (QED) is 0.182. The third-order valence-electron chi connectivity index (χ3n) is 10.00. The van der Waals surface area contributed by atoms with Gasteiger partial charge in [-0.3, -0.25) is 0 Å². The molecule has 0 saturated carbocycles. The van der Waals surface area contributed by atoms with Crippen molar-refractivity contribution in [1.82, 2.24) is 0 Å². The lowest BCUT2D eigenvalue weighted by Gasteiger charge is -2.12. The van der Waals surface area contributed by atoms with Crippen LogP contribution < -0.4 is 0 Å². The van der Waals surface area contributed by atoms with Crippen LogP contribution >= 0.6 is 0 Å². The van der Waals surface area contributed by atoms with Crippen molar-refractivity contribution in [3.8, 4) is 55.6 Å². The number of hydrogen-bond donors (Lipinski definition) is 0. The molecule has 0 aromatic heterocycles. The van der Waals surface area contributed by atoms with Crippen LogP contribution in [0.25, 0.3) is 98.7 Å². The molecule has 0 heterocycles. The summed E-state index contributed by atoms with van der Waals surface area (Å²) in [6.07, 6.45) is 0. The van der Waals surface area contributed by atoms with Crippen LogP contribution in [0.15, 0.2) is 170 Å². The zero-order valence-corrected chi connectivity index (χ0v) is 25.2. The third kappa shape index (κ3) is 3.74. The van der Waals surface area contributed by atoms with Crippen LogP contribution in [0.4, 0.5) is 0 Å². The van der Waals surface area contributed by atoms with E-state index in [-0.39, 0.29) is 0 Å². The maximum absolute atomic E-state index is 2.36. The fraction of sp³-hybridized carbons (Fsp3) is 0. The maximum atomic E-state index is 2.36. The van der Waals surface area contributed by atoms with Gasteiger partial charge in [-0.05, 0) is 117 Å². The third-order valence-corrected chi connectivity index (χ3v) is 10.00. The second-order valence-electron chi connectivity index (χ2n) is 12.5. The van der Waals surface area contributed by atoms with Crippen molar-refractivity contribution >= 4 is 43.1 Å². The van der Waals surface area contributed by atoms with Crippen molar-refractivity contribution in [3.05, 3.63) is 170 Å². The minimum Gasteiger partial charge on any atom is -0.0616 e. The first-order valence-corrected chi connectivity index (χ1v) is 16.0. The summed E-state index contributed by atoms with van der Waals surface area (Å²) in [7, 11) is 0. The lowest BCUT2D eigenvalue weighted by molar-refractivity contribution is 1.62. The summed E-state index contributed by atoms with van der Waals surface area (Å²) in [5.41, 5.74) is 12.9. The summed E-state index contributed by atoms with van der Waals surface area (Å²) in [5.74, 6) is 0. The van der Waals surface area contributed by atoms with E-state index in [1.54, 1.807) is 0 Å². The molecule has 212 valence electrons. The molecule has 0 unspecified atom stereocenters. The monoisotopic (exact) mass is 580 g/mol. The smallest absolute Gasteiger partial charge is 0.00201 e. The van der Waals surface area contributed by atoms with Crippen LogP contribution in [-0.4, -0.2) is 0 Å². The standard InChI is InChI=1S/C46H28/c1-2-9-36-33(8-1)28-45(41-13-6-3-10-38(36)41)31-20-16-29(17-21-31)32-22-18-30-19-23-34(27-35(30)26-32)37-24-25-44-40-12-5-4-11-39(40)43-15-7-14-42(37)46(43)44/h1-28H. The summed E-state index contributed by atoms with van der Waals surface area (Å²) in [6.45, 7) is 0. The second-order valence-corrected chi connectivity index (χ2v) is 12.5. The van der Waals surface area contributed by atoms with Crippen molar-refractivity contribution in [2.24, 2.45) is 0 Å². The summed E-state index contributed by atoms with van der Waals surface area (Å²) < 4.78 is 0. The lowest BCUT2D eigenvalue weighted by atomic mass is 9.91. The molecule has 0 fully saturated rings. The molecule has 0 atom stereocenters. The summed E-state index contributed by atoms with van der Waals surface area (Å²) in [6, 6.07) is 62.8. The fourth-order valence-electron chi connectivity index (χ4n) is 7.79. The molecule has 1 aliphatic rings. The van der Waals surface area contributed by atoms with Gasteiger partial charge in [-0.2, -0.15) is 0 Å². The highest BCUT2D eigenvalue weighted by molar-refractivity contribution is 6.19. The van der Waals surface area contributed by atoms with E-state index < -0.39 is 0 Å². The maximum Gasteiger partial charge on any atom is -0.00201 e. The first-order chi connectivity index (χ1) is 22.8. The van der Waals surface area contributed by atoms with Gasteiger partial charge in [0, 0.05) is 0 Å². The highest BCUT2D eigenvalue weighted by Crippen LogP contribution is 2.49. The molecule has 10 rings (SSSR count). The van der Waals surface area contributed by atoms with Gasteiger partial charge in [0.1, 0.15) is 0 Å². The predicted octanol–water partition coefficient (Wildman–Crippen LogP) is 12.9. The van der Waals surface area contributed by atoms with Crippen LogP contribution in [-0.2, 0) is 0 Å². The fourth-order valence-corrected chi connectivity index (χ4v) is 7.79. The van der Waals surface area contributed by atoms with Crippen LogP contribution in [0.5, 0.6) is 0 Å². The molecule has 0 spiro atoms. The first kappa shape index (κ1) is 25.4. The second kappa shape index (κ2) is 9.76. The van der Waals surface area contributed by atoms with Crippen LogP contribution in [0.3, 0.4) is 0 Å². The average molecular weight is 581 g/mol. The molecule has 0 N–H and O–H groups in total. The van der Waals surface area contributed by atoms with E-state index >= 15 is 0 Å². The number of benzene rings is 9. The SMILES string of the molecule is c1ccc2c(c1)-c1cccc3c(-c4ccc5ccc(-c6ccc(-c7cc8ccccc8c8ccccc78)cc6)cc5c4)ccc-2c13. The van der Waals surface area contributed by atoms with Crippen molar-refractivity contribution < 1.29 is 0 Å². The Hall–Kier alpha value is -5.98. The molecule has 0 nitrogen and oxygen atoms in total. The van der Waals surface area contributed by atoms with E-state index in [4.69, 9.17) is 0 Å². The highest BCUT2D eigenvalue weighted by Gasteiger charge is 2.22. The minimum absolute atomic E-state index is 1.23. The molecule has 0 amide bonds. The van der Waals surface area contributed by atoms with Gasteiger partial charge in [0.05, 0.1) is 0 Å². The predicted molar refractivity (Wildman–Crippen MR) is 197 cm³/mol. The van der Waals surface area contributed by atoms with E-state index in [1.807, 2.05) is 0 Å². The molecule has 9 aromatic rings. The molecular weight excluding hydrogens is 553 g/mol. The Kier molecular flexibility index (Phi) is 5.38. The van der Waals surface area contributed by atoms with Gasteiger partial charge in [-0.25, -0.2) is 0 Å². The zero-order valence-electron chi connectivity index (χ0n) is 25.2. The molecule has 0 aliphatic heterocycles. The van der Waals surface area contributed by atoms with Gasteiger partial charge in [0.25, 0.3) is 0 Å². The molecule has 46 heavy (non-hydrogen) atoms. The van der Waals surface area contributed by atoms with Crippen molar-refractivity contribution in [1.29, 1.82) is 0 Å². The Morgan fingerprint density at radius 1 is 0.217 bits per heavy atom. The van der Waals surface area contributed by atoms with E-state index in [0.29, 0.717) is 0 Å². The number of hydrogen-bond acceptors (Lipinski definition) is 0. The van der Waals surface area contributed by atoms with E-state index in [2.05, 4.69) is 170 Å². The van der Waals surface area contributed by atoms with Gasteiger partial charge in [0.2, 0.25) is 0 Å². The number of fused-ring (bicyclic) bond motifs is 7. The molecule has 9 aromatic carbocycles. The van der Waals surface area contributed by atoms with Crippen LogP contribution in [0.2, 0.25) is 0 Å². The molecule has 0 heteroatoms. The van der Waals surface area contributed by atoms with E-state index in [0.717, 1.165) is 0 Å². The Labute approximate surface area is 267 Å². The molecular formula is C46H28. The summed E-state index contributed by atoms with van der Waals surface area (Å²) in [4.78, 5) is 0. The Balaban J connectivity index is 1.05. The normalized spacial score (nSPS) is 11.9. The minimum atomic E-state index is 1.23. The van der Waals surface area contributed by atoms with Crippen molar-refractivity contribution in [3.63, 3.8) is 0 Å². The van der Waals surface area contributed by atoms with E-state index in [1.165, 1.54) is 98.7 Å². The van der Waals surface area contributed by atoms with Crippen LogP contribution in [0, 0.1) is 0 Å². The zero-order chi connectivity index (χ0) is 30.2. The van der Waals surface area contributed by atoms with Crippen LogP contribution in [0.1, 0.15) is 0 Å². The summed E-state index contributed by atoms with van der Waals surface area (Å²) in [5, 5.41) is 10.4. The molecule has 1 aliphatic carbocycles. The largest absolute Gasteiger partial charge is 0.0616 e. The Morgan fingerprint density at radius 3 is 1.61 bits per heavy atom. The molecule has 0 bridgehead atoms. The number of rotatable bonds is 3. The van der Waals surface area contributed by atoms with E-state index in [9.17, 15) is 0 Å². The van der Waals surface area contributed by atoms with Crippen molar-refractivity contribution in [2.75, 3.05) is 0 Å². The lowest BCUT2D eigenvalue weighted by Crippen LogP contribution is -1.86. The average Bonchev–Trinajstić information content (AvgIpc) is 3.46. The van der Waals surface area contributed by atoms with Gasteiger partial charge in [-0.15, -0.1) is 0 Å². The molecule has 0 saturated heterocycles. The Bertz CT molecular complexity index is 2640. The van der Waals surface area contributed by atoms with Gasteiger partial charge in [-0.1, -0.05) is 152 Å². The van der Waals surface area contributed by atoms with Gasteiger partial charge in [0.15, 0.2) is 0 Å². The topological polar surface area (TPSA) is 0 Å². The summed E-state index contributed by atoms with van der Waals surface area (Å²) >= 11 is 0. The first-order valence-electron chi connectivity index (χ1n) is 16.0. The van der Waals surface area contributed by atoms with Crippen molar-refractivity contribution in [2.45, 2.75) is 0 Å². The Morgan fingerprint density at radius 2 is 0.783 bits per heavy atom.